The molecule has 8 heteroatoms. The van der Waals surface area contributed by atoms with E-state index in [1.807, 2.05) is 25.5 Å². The lowest BCUT2D eigenvalue weighted by atomic mass is 10.0. The third kappa shape index (κ3) is 3.75. The molecule has 34 heavy (non-hydrogen) atoms. The van der Waals surface area contributed by atoms with Crippen LogP contribution in [0.4, 0.5) is 5.69 Å². The molecule has 0 radical (unpaired) electrons. The molecule has 1 amide bonds. The van der Waals surface area contributed by atoms with Crippen molar-refractivity contribution in [3.63, 3.8) is 0 Å². The molecule has 2 aromatic heterocycles. The first-order valence-electron chi connectivity index (χ1n) is 11.5. The van der Waals surface area contributed by atoms with Gasteiger partial charge in [-0.1, -0.05) is 6.07 Å². The topological polar surface area (TPSA) is 96.2 Å². The molecule has 0 atom stereocenters. The van der Waals surface area contributed by atoms with E-state index in [1.54, 1.807) is 36.3 Å². The molecular formula is C26H28N6O2. The van der Waals surface area contributed by atoms with E-state index < -0.39 is 0 Å². The van der Waals surface area contributed by atoms with E-state index in [4.69, 9.17) is 9.97 Å². The maximum absolute atomic E-state index is 13.6. The molecule has 5 rings (SSSR count). The van der Waals surface area contributed by atoms with Crippen LogP contribution in [0.3, 0.4) is 0 Å². The second-order valence-electron chi connectivity index (χ2n) is 8.83. The molecule has 2 aromatic carbocycles. The zero-order valence-corrected chi connectivity index (χ0v) is 19.9. The molecule has 0 spiro atoms. The maximum atomic E-state index is 13.6. The van der Waals surface area contributed by atoms with Crippen LogP contribution in [0.25, 0.3) is 22.3 Å². The summed E-state index contributed by atoms with van der Waals surface area (Å²) in [6.45, 7) is 8.18. The fourth-order valence-electron chi connectivity index (χ4n) is 4.58. The van der Waals surface area contributed by atoms with E-state index in [2.05, 4.69) is 22.5 Å². The average Bonchev–Trinajstić information content (AvgIpc) is 3.43. The van der Waals surface area contributed by atoms with E-state index in [9.17, 15) is 9.90 Å². The Kier molecular flexibility index (Phi) is 5.43. The van der Waals surface area contributed by atoms with Gasteiger partial charge in [0.25, 0.3) is 5.91 Å². The molecule has 2 N–H and O–H groups in total. The number of nitrogens with zero attached hydrogens (tertiary/aromatic N) is 5. The molecule has 174 valence electrons. The zero-order chi connectivity index (χ0) is 24.0. The number of phenols is 1. The molecule has 0 saturated heterocycles. The van der Waals surface area contributed by atoms with Crippen LogP contribution < -0.4 is 5.32 Å². The van der Waals surface area contributed by atoms with Crippen molar-refractivity contribution in [3.05, 3.63) is 64.6 Å². The predicted molar refractivity (Wildman–Crippen MR) is 132 cm³/mol. The van der Waals surface area contributed by atoms with Crippen molar-refractivity contribution in [2.45, 2.75) is 40.3 Å². The highest BCUT2D eigenvalue weighted by Gasteiger charge is 2.22. The van der Waals surface area contributed by atoms with Crippen LogP contribution in [0.5, 0.6) is 5.75 Å². The Morgan fingerprint density at radius 1 is 1.21 bits per heavy atom. The van der Waals surface area contributed by atoms with Gasteiger partial charge < -0.3 is 15.3 Å². The minimum Gasteiger partial charge on any atom is -0.508 e. The summed E-state index contributed by atoms with van der Waals surface area (Å²) in [6.07, 6.45) is 2.80. The largest absolute Gasteiger partial charge is 0.508 e. The molecule has 0 unspecified atom stereocenters. The van der Waals surface area contributed by atoms with Crippen LogP contribution in [0.1, 0.15) is 39.8 Å². The Morgan fingerprint density at radius 2 is 2.03 bits per heavy atom. The smallest absolute Gasteiger partial charge is 0.273 e. The van der Waals surface area contributed by atoms with Gasteiger partial charge in [0, 0.05) is 54.6 Å². The summed E-state index contributed by atoms with van der Waals surface area (Å²) in [5.74, 6) is 0.331. The first-order valence-corrected chi connectivity index (χ1v) is 11.5. The molecule has 0 fully saturated rings. The highest BCUT2D eigenvalue weighted by Crippen LogP contribution is 2.32. The van der Waals surface area contributed by atoms with Gasteiger partial charge in [0.05, 0.1) is 11.7 Å². The second kappa shape index (κ2) is 8.44. The number of aromatic nitrogens is 4. The summed E-state index contributed by atoms with van der Waals surface area (Å²) in [5.41, 5.74) is 7.23. The number of rotatable bonds is 5. The van der Waals surface area contributed by atoms with Gasteiger partial charge in [-0.25, -0.2) is 9.97 Å². The molecule has 1 aliphatic heterocycles. The highest BCUT2D eigenvalue weighted by atomic mass is 16.3. The quantitative estimate of drug-likeness (QED) is 0.470. The van der Waals surface area contributed by atoms with Crippen LogP contribution in [0.15, 0.2) is 36.5 Å². The van der Waals surface area contributed by atoms with Crippen LogP contribution in [0.2, 0.25) is 0 Å². The number of nitrogens with one attached hydrogen (secondary N) is 1. The van der Waals surface area contributed by atoms with Crippen molar-refractivity contribution in [2.75, 3.05) is 18.9 Å². The summed E-state index contributed by atoms with van der Waals surface area (Å²) in [5, 5.41) is 18.4. The Morgan fingerprint density at radius 3 is 2.79 bits per heavy atom. The molecule has 0 bridgehead atoms. The van der Waals surface area contributed by atoms with Crippen LogP contribution in [-0.2, 0) is 19.5 Å². The molecule has 4 aromatic rings. The van der Waals surface area contributed by atoms with Gasteiger partial charge in [0.2, 0.25) is 0 Å². The lowest BCUT2D eigenvalue weighted by Crippen LogP contribution is -2.27. The number of hydrogen-bond acceptors (Lipinski definition) is 6. The Labute approximate surface area is 198 Å². The minimum atomic E-state index is -0.236. The number of aryl methyl sites for hydroxylation is 2. The Hall–Kier alpha value is -3.94. The number of hydrogen-bond donors (Lipinski definition) is 2. The second-order valence-corrected chi connectivity index (χ2v) is 8.83. The number of aromatic hydroxyl groups is 1. The fraction of sp³-hybridized carbons (Fsp3) is 0.308. The maximum Gasteiger partial charge on any atom is 0.273 e. The summed E-state index contributed by atoms with van der Waals surface area (Å²) < 4.78 is 1.91. The van der Waals surface area contributed by atoms with Gasteiger partial charge in [0.15, 0.2) is 5.82 Å². The number of amides is 1. The van der Waals surface area contributed by atoms with Gasteiger partial charge in [-0.05, 0) is 62.6 Å². The van der Waals surface area contributed by atoms with Crippen molar-refractivity contribution in [3.8, 4) is 17.1 Å². The zero-order valence-electron chi connectivity index (χ0n) is 19.9. The molecule has 3 heterocycles. The number of carbonyl (C=O) groups excluding carboxylic acids is 1. The molecular weight excluding hydrogens is 428 g/mol. The Bertz CT molecular complexity index is 1420. The lowest BCUT2D eigenvalue weighted by Gasteiger charge is -2.18. The van der Waals surface area contributed by atoms with Crippen molar-refractivity contribution < 1.29 is 9.90 Å². The predicted octanol–water partition coefficient (Wildman–Crippen LogP) is 4.08. The first-order chi connectivity index (χ1) is 16.4. The standard InChI is InChI=1S/C26H28N6O2/c1-5-32-16(3)18(13-28-32)14-31(4)26(34)24-21-11-19(33)6-7-22(21)29-25(30-24)20-12-23-17(8-9-27-23)10-15(20)2/h6-7,10-13,27,33H,5,8-9,14H2,1-4H3. The number of fused-ring (bicyclic) bond motifs is 2. The monoisotopic (exact) mass is 456 g/mol. The lowest BCUT2D eigenvalue weighted by molar-refractivity contribution is 0.0781. The van der Waals surface area contributed by atoms with Gasteiger partial charge >= 0.3 is 0 Å². The first kappa shape index (κ1) is 21.9. The summed E-state index contributed by atoms with van der Waals surface area (Å²) >= 11 is 0. The van der Waals surface area contributed by atoms with Crippen LogP contribution in [-0.4, -0.2) is 49.3 Å². The van der Waals surface area contributed by atoms with Crippen molar-refractivity contribution in [2.24, 2.45) is 0 Å². The number of phenolic OH excluding ortho intramolecular Hbond substituents is 1. The Balaban J connectivity index is 1.59. The van der Waals surface area contributed by atoms with Crippen LogP contribution >= 0.6 is 0 Å². The number of benzene rings is 2. The van der Waals surface area contributed by atoms with Crippen molar-refractivity contribution in [1.29, 1.82) is 0 Å². The van der Waals surface area contributed by atoms with E-state index in [0.29, 0.717) is 23.3 Å². The molecule has 0 aliphatic carbocycles. The SMILES string of the molecule is CCn1ncc(CN(C)C(=O)c2nc(-c3cc4c(cc3C)CCN4)nc3ccc(O)cc23)c1C. The van der Waals surface area contributed by atoms with E-state index in [1.165, 1.54) is 5.56 Å². The summed E-state index contributed by atoms with van der Waals surface area (Å²) in [4.78, 5) is 24.8. The number of carbonyl (C=O) groups is 1. The highest BCUT2D eigenvalue weighted by molar-refractivity contribution is 6.05. The van der Waals surface area contributed by atoms with Gasteiger partial charge in [-0.3, -0.25) is 9.48 Å². The number of anilines is 1. The average molecular weight is 457 g/mol. The normalized spacial score (nSPS) is 12.6. The molecule has 1 aliphatic rings. The molecule has 8 nitrogen and oxygen atoms in total. The van der Waals surface area contributed by atoms with E-state index >= 15 is 0 Å². The third-order valence-electron chi connectivity index (χ3n) is 6.54. The van der Waals surface area contributed by atoms with Gasteiger partial charge in [-0.2, -0.15) is 5.10 Å². The fourth-order valence-corrected chi connectivity index (χ4v) is 4.58. The van der Waals surface area contributed by atoms with Crippen molar-refractivity contribution >= 4 is 22.5 Å². The minimum absolute atomic E-state index is 0.0681. The van der Waals surface area contributed by atoms with E-state index in [0.717, 1.165) is 47.6 Å². The summed E-state index contributed by atoms with van der Waals surface area (Å²) in [7, 11) is 1.76. The van der Waals surface area contributed by atoms with Crippen LogP contribution in [0, 0.1) is 13.8 Å². The third-order valence-corrected chi connectivity index (χ3v) is 6.54. The van der Waals surface area contributed by atoms with Gasteiger partial charge in [-0.15, -0.1) is 0 Å². The van der Waals surface area contributed by atoms with Gasteiger partial charge in [0.1, 0.15) is 11.4 Å². The van der Waals surface area contributed by atoms with E-state index in [-0.39, 0.29) is 17.4 Å². The summed E-state index contributed by atoms with van der Waals surface area (Å²) in [6, 6.07) is 9.09. The van der Waals surface area contributed by atoms with Crippen molar-refractivity contribution in [1.82, 2.24) is 24.6 Å². The molecule has 0 saturated carbocycles.